The van der Waals surface area contributed by atoms with E-state index in [1.165, 1.54) is 0 Å². The van der Waals surface area contributed by atoms with Crippen LogP contribution in [-0.4, -0.2) is 5.91 Å². The van der Waals surface area contributed by atoms with Crippen LogP contribution in [0.15, 0.2) is 41.2 Å². The summed E-state index contributed by atoms with van der Waals surface area (Å²) in [4.78, 5) is 11.0. The lowest BCUT2D eigenvalue weighted by Gasteiger charge is -2.06. The Morgan fingerprint density at radius 1 is 1.33 bits per heavy atom. The standard InChI is InChI=1S/C13H13ClN2O2/c14-12-5-10(13(15)17)1-2-11(12)7-16-6-9-3-4-18-8-9/h1-5,8,16H,6-7H2,(H2,15,17). The van der Waals surface area contributed by atoms with E-state index in [9.17, 15) is 4.79 Å². The molecule has 0 saturated heterocycles. The number of amides is 1. The second-order valence-electron chi connectivity index (χ2n) is 3.91. The van der Waals surface area contributed by atoms with E-state index in [1.54, 1.807) is 30.7 Å². The first-order chi connectivity index (χ1) is 8.66. The highest BCUT2D eigenvalue weighted by atomic mass is 35.5. The topological polar surface area (TPSA) is 68.3 Å². The number of hydrogen-bond donors (Lipinski definition) is 2. The van der Waals surface area contributed by atoms with Crippen LogP contribution in [0.2, 0.25) is 5.02 Å². The molecule has 2 aromatic rings. The van der Waals surface area contributed by atoms with Crippen LogP contribution in [0.5, 0.6) is 0 Å². The van der Waals surface area contributed by atoms with Crippen molar-refractivity contribution in [3.8, 4) is 0 Å². The van der Waals surface area contributed by atoms with Gasteiger partial charge >= 0.3 is 0 Å². The molecule has 0 aliphatic heterocycles. The van der Waals surface area contributed by atoms with Gasteiger partial charge in [0.1, 0.15) is 0 Å². The normalized spacial score (nSPS) is 10.5. The highest BCUT2D eigenvalue weighted by Gasteiger charge is 2.05. The minimum Gasteiger partial charge on any atom is -0.472 e. The molecule has 0 fully saturated rings. The van der Waals surface area contributed by atoms with Crippen molar-refractivity contribution < 1.29 is 9.21 Å². The molecule has 1 amide bonds. The first-order valence-electron chi connectivity index (χ1n) is 5.47. The summed E-state index contributed by atoms with van der Waals surface area (Å²) in [5.41, 5.74) is 7.58. The Balaban J connectivity index is 1.95. The van der Waals surface area contributed by atoms with Crippen molar-refractivity contribution in [3.05, 3.63) is 58.5 Å². The molecule has 0 unspecified atom stereocenters. The van der Waals surface area contributed by atoms with Gasteiger partial charge in [0.05, 0.1) is 12.5 Å². The summed E-state index contributed by atoms with van der Waals surface area (Å²) in [6, 6.07) is 6.94. The molecule has 0 bridgehead atoms. The van der Waals surface area contributed by atoms with E-state index in [0.29, 0.717) is 23.7 Å². The molecule has 18 heavy (non-hydrogen) atoms. The Hall–Kier alpha value is -1.78. The van der Waals surface area contributed by atoms with Crippen LogP contribution in [0.3, 0.4) is 0 Å². The molecule has 5 heteroatoms. The second kappa shape index (κ2) is 5.71. The number of carbonyl (C=O) groups is 1. The summed E-state index contributed by atoms with van der Waals surface area (Å²) < 4.78 is 4.97. The molecule has 0 aliphatic rings. The van der Waals surface area contributed by atoms with Gasteiger partial charge < -0.3 is 15.5 Å². The molecule has 2 rings (SSSR count). The largest absolute Gasteiger partial charge is 0.472 e. The van der Waals surface area contributed by atoms with Gasteiger partial charge in [-0.15, -0.1) is 0 Å². The molecule has 1 heterocycles. The lowest BCUT2D eigenvalue weighted by molar-refractivity contribution is 0.100. The Kier molecular flexibility index (Phi) is 4.02. The highest BCUT2D eigenvalue weighted by molar-refractivity contribution is 6.31. The van der Waals surface area contributed by atoms with Crippen LogP contribution < -0.4 is 11.1 Å². The third kappa shape index (κ3) is 3.12. The van der Waals surface area contributed by atoms with Crippen molar-refractivity contribution >= 4 is 17.5 Å². The summed E-state index contributed by atoms with van der Waals surface area (Å²) >= 11 is 6.07. The quantitative estimate of drug-likeness (QED) is 0.871. The number of nitrogens with one attached hydrogen (secondary N) is 1. The Morgan fingerprint density at radius 3 is 2.78 bits per heavy atom. The third-order valence-electron chi connectivity index (χ3n) is 2.56. The fourth-order valence-corrected chi connectivity index (χ4v) is 1.83. The molecule has 94 valence electrons. The molecule has 0 aliphatic carbocycles. The monoisotopic (exact) mass is 264 g/mol. The van der Waals surface area contributed by atoms with Gasteiger partial charge in [-0.3, -0.25) is 4.79 Å². The van der Waals surface area contributed by atoms with E-state index in [-0.39, 0.29) is 0 Å². The SMILES string of the molecule is NC(=O)c1ccc(CNCc2ccoc2)c(Cl)c1. The number of nitrogens with two attached hydrogens (primary N) is 1. The van der Waals surface area contributed by atoms with E-state index >= 15 is 0 Å². The fourth-order valence-electron chi connectivity index (χ4n) is 1.58. The van der Waals surface area contributed by atoms with Crippen molar-refractivity contribution in [3.63, 3.8) is 0 Å². The van der Waals surface area contributed by atoms with E-state index in [0.717, 1.165) is 11.1 Å². The molecule has 0 spiro atoms. The minimum atomic E-state index is -0.477. The van der Waals surface area contributed by atoms with Crippen molar-refractivity contribution in [2.45, 2.75) is 13.1 Å². The molecular weight excluding hydrogens is 252 g/mol. The first kappa shape index (κ1) is 12.7. The maximum Gasteiger partial charge on any atom is 0.248 e. The average molecular weight is 265 g/mol. The van der Waals surface area contributed by atoms with E-state index in [4.69, 9.17) is 21.8 Å². The van der Waals surface area contributed by atoms with E-state index < -0.39 is 5.91 Å². The van der Waals surface area contributed by atoms with Crippen molar-refractivity contribution in [1.29, 1.82) is 0 Å². The number of hydrogen-bond acceptors (Lipinski definition) is 3. The van der Waals surface area contributed by atoms with Crippen LogP contribution >= 0.6 is 11.6 Å². The van der Waals surface area contributed by atoms with Gasteiger partial charge in [-0.1, -0.05) is 17.7 Å². The molecule has 0 radical (unpaired) electrons. The van der Waals surface area contributed by atoms with Crippen molar-refractivity contribution in [2.24, 2.45) is 5.73 Å². The summed E-state index contributed by atoms with van der Waals surface area (Å²) in [6.07, 6.45) is 3.32. The maximum absolute atomic E-state index is 11.0. The summed E-state index contributed by atoms with van der Waals surface area (Å²) in [5, 5.41) is 3.77. The number of furan rings is 1. The summed E-state index contributed by atoms with van der Waals surface area (Å²) in [5.74, 6) is -0.477. The number of primary amides is 1. The molecular formula is C13H13ClN2O2. The van der Waals surface area contributed by atoms with E-state index in [1.807, 2.05) is 6.07 Å². The molecule has 1 aromatic heterocycles. The zero-order chi connectivity index (χ0) is 13.0. The van der Waals surface area contributed by atoms with Crippen molar-refractivity contribution in [1.82, 2.24) is 5.32 Å². The average Bonchev–Trinajstić information content (AvgIpc) is 2.84. The first-order valence-corrected chi connectivity index (χ1v) is 5.84. The van der Waals surface area contributed by atoms with Crippen LogP contribution in [0.25, 0.3) is 0 Å². The van der Waals surface area contributed by atoms with Gasteiger partial charge in [0.2, 0.25) is 5.91 Å². The molecule has 0 saturated carbocycles. The fraction of sp³-hybridized carbons (Fsp3) is 0.154. The predicted octanol–water partition coefficient (Wildman–Crippen LogP) is 2.32. The maximum atomic E-state index is 11.0. The second-order valence-corrected chi connectivity index (χ2v) is 4.31. The third-order valence-corrected chi connectivity index (χ3v) is 2.91. The van der Waals surface area contributed by atoms with Crippen molar-refractivity contribution in [2.75, 3.05) is 0 Å². The Bertz CT molecular complexity index is 538. The minimum absolute atomic E-state index is 0.415. The van der Waals surface area contributed by atoms with Crippen LogP contribution in [0.1, 0.15) is 21.5 Å². The van der Waals surface area contributed by atoms with Gasteiger partial charge in [-0.2, -0.15) is 0 Å². The highest BCUT2D eigenvalue weighted by Crippen LogP contribution is 2.17. The molecule has 1 aromatic carbocycles. The zero-order valence-electron chi connectivity index (χ0n) is 9.65. The summed E-state index contributed by atoms with van der Waals surface area (Å²) in [7, 11) is 0. The lowest BCUT2D eigenvalue weighted by Crippen LogP contribution is -2.14. The van der Waals surface area contributed by atoms with E-state index in [2.05, 4.69) is 5.32 Å². The lowest BCUT2D eigenvalue weighted by atomic mass is 10.1. The summed E-state index contributed by atoms with van der Waals surface area (Å²) in [6.45, 7) is 1.31. The van der Waals surface area contributed by atoms with Gasteiger partial charge in [-0.05, 0) is 23.8 Å². The number of rotatable bonds is 5. The van der Waals surface area contributed by atoms with Gasteiger partial charge in [0.25, 0.3) is 0 Å². The number of benzene rings is 1. The van der Waals surface area contributed by atoms with Gasteiger partial charge in [0, 0.05) is 29.2 Å². The van der Waals surface area contributed by atoms with Crippen LogP contribution in [0.4, 0.5) is 0 Å². The Morgan fingerprint density at radius 2 is 2.17 bits per heavy atom. The Labute approximate surface area is 110 Å². The van der Waals surface area contributed by atoms with Crippen LogP contribution in [-0.2, 0) is 13.1 Å². The number of carbonyl (C=O) groups excluding carboxylic acids is 1. The molecule has 0 atom stereocenters. The van der Waals surface area contributed by atoms with Gasteiger partial charge in [-0.25, -0.2) is 0 Å². The molecule has 4 nitrogen and oxygen atoms in total. The number of halogens is 1. The van der Waals surface area contributed by atoms with Gasteiger partial charge in [0.15, 0.2) is 0 Å². The molecule has 3 N–H and O–H groups in total. The zero-order valence-corrected chi connectivity index (χ0v) is 10.4. The smallest absolute Gasteiger partial charge is 0.248 e. The van der Waals surface area contributed by atoms with Crippen LogP contribution in [0, 0.1) is 0 Å². The predicted molar refractivity (Wildman–Crippen MR) is 69.2 cm³/mol.